The number of carbonyl (C=O) groups excluding carboxylic acids is 1. The molecule has 18 heavy (non-hydrogen) atoms. The van der Waals surface area contributed by atoms with Gasteiger partial charge in [0.2, 0.25) is 5.91 Å². The zero-order valence-electron chi connectivity index (χ0n) is 11.3. The number of nitrogens with one attached hydrogen (secondary N) is 2. The minimum Gasteiger partial charge on any atom is -0.353 e. The lowest BCUT2D eigenvalue weighted by Crippen LogP contribution is -2.60. The molecule has 0 bridgehead atoms. The second-order valence-electron chi connectivity index (χ2n) is 5.18. The van der Waals surface area contributed by atoms with Crippen molar-refractivity contribution >= 4 is 15.7 Å². The van der Waals surface area contributed by atoms with Crippen LogP contribution in [0, 0.1) is 0 Å². The molecule has 2 N–H and O–H groups in total. The molecule has 1 aliphatic heterocycles. The van der Waals surface area contributed by atoms with Crippen molar-refractivity contribution in [2.75, 3.05) is 44.7 Å². The van der Waals surface area contributed by atoms with Crippen LogP contribution in [-0.2, 0) is 14.6 Å². The Balaban J connectivity index is 2.48. The van der Waals surface area contributed by atoms with Crippen LogP contribution in [0.5, 0.6) is 0 Å². The normalized spacial score (nSPS) is 18.6. The average Bonchev–Trinajstić information content (AvgIpc) is 2.28. The molecule has 1 aliphatic rings. The Morgan fingerprint density at radius 2 is 1.89 bits per heavy atom. The molecule has 0 aromatic heterocycles. The number of sulfone groups is 1. The molecular formula is C11H23N3O3S. The molecule has 1 rings (SSSR count). The number of piperazine rings is 1. The van der Waals surface area contributed by atoms with Crippen LogP contribution in [-0.4, -0.2) is 69.5 Å². The second kappa shape index (κ2) is 5.99. The molecule has 0 saturated carbocycles. The third-order valence-corrected chi connectivity index (χ3v) is 4.17. The quantitative estimate of drug-likeness (QED) is 0.662. The first-order chi connectivity index (χ1) is 8.23. The number of hydrogen-bond acceptors (Lipinski definition) is 5. The van der Waals surface area contributed by atoms with Gasteiger partial charge in [-0.2, -0.15) is 0 Å². The number of hydrogen-bond donors (Lipinski definition) is 2. The van der Waals surface area contributed by atoms with Crippen molar-refractivity contribution < 1.29 is 13.2 Å². The van der Waals surface area contributed by atoms with Gasteiger partial charge in [-0.1, -0.05) is 0 Å². The highest BCUT2D eigenvalue weighted by Gasteiger charge is 2.34. The highest BCUT2D eigenvalue weighted by Crippen LogP contribution is 2.14. The monoisotopic (exact) mass is 277 g/mol. The molecule has 106 valence electrons. The lowest BCUT2D eigenvalue weighted by atomic mass is 10.0. The van der Waals surface area contributed by atoms with Crippen LogP contribution < -0.4 is 10.6 Å². The third kappa shape index (κ3) is 4.55. The van der Waals surface area contributed by atoms with Crippen LogP contribution >= 0.6 is 0 Å². The molecule has 7 heteroatoms. The van der Waals surface area contributed by atoms with Crippen molar-refractivity contribution in [3.05, 3.63) is 0 Å². The van der Waals surface area contributed by atoms with Gasteiger partial charge in [-0.05, 0) is 13.8 Å². The van der Waals surface area contributed by atoms with E-state index in [0.29, 0.717) is 0 Å². The molecule has 0 unspecified atom stereocenters. The van der Waals surface area contributed by atoms with Crippen molar-refractivity contribution in [2.45, 2.75) is 19.4 Å². The summed E-state index contributed by atoms with van der Waals surface area (Å²) in [6.45, 7) is 7.31. The van der Waals surface area contributed by atoms with Gasteiger partial charge in [0.15, 0.2) is 0 Å². The maximum Gasteiger partial charge on any atom is 0.239 e. The van der Waals surface area contributed by atoms with E-state index in [-0.39, 0.29) is 18.2 Å². The summed E-state index contributed by atoms with van der Waals surface area (Å²) in [5.74, 6) is -0.135. The van der Waals surface area contributed by atoms with Gasteiger partial charge in [-0.15, -0.1) is 0 Å². The van der Waals surface area contributed by atoms with E-state index in [1.54, 1.807) is 0 Å². The summed E-state index contributed by atoms with van der Waals surface area (Å²) in [5.41, 5.74) is -0.598. The van der Waals surface area contributed by atoms with E-state index in [2.05, 4.69) is 15.5 Å². The molecule has 1 heterocycles. The summed E-state index contributed by atoms with van der Waals surface area (Å²) >= 11 is 0. The number of carbonyl (C=O) groups is 1. The highest BCUT2D eigenvalue weighted by molar-refractivity contribution is 7.90. The zero-order valence-corrected chi connectivity index (χ0v) is 12.1. The van der Waals surface area contributed by atoms with Crippen LogP contribution in [0.15, 0.2) is 0 Å². The fourth-order valence-corrected chi connectivity index (χ4v) is 2.41. The maximum atomic E-state index is 12.1. The lowest BCUT2D eigenvalue weighted by Gasteiger charge is -2.39. The van der Waals surface area contributed by atoms with Gasteiger partial charge in [-0.3, -0.25) is 9.69 Å². The van der Waals surface area contributed by atoms with Crippen molar-refractivity contribution in [2.24, 2.45) is 0 Å². The molecular weight excluding hydrogens is 254 g/mol. The fraction of sp³-hybridized carbons (Fsp3) is 0.909. The summed E-state index contributed by atoms with van der Waals surface area (Å²) in [6.07, 6.45) is 1.17. The molecule has 0 aromatic rings. The van der Waals surface area contributed by atoms with Crippen molar-refractivity contribution in [3.8, 4) is 0 Å². The SMILES string of the molecule is CC(C)(C(=O)NCCS(C)(=O)=O)N1CCNCC1. The first kappa shape index (κ1) is 15.4. The van der Waals surface area contributed by atoms with E-state index in [4.69, 9.17) is 0 Å². The summed E-state index contributed by atoms with van der Waals surface area (Å²) in [7, 11) is -3.03. The van der Waals surface area contributed by atoms with Crippen LogP contribution in [0.3, 0.4) is 0 Å². The van der Waals surface area contributed by atoms with E-state index in [1.165, 1.54) is 6.26 Å². The molecule has 6 nitrogen and oxygen atoms in total. The van der Waals surface area contributed by atoms with Gasteiger partial charge in [0.1, 0.15) is 9.84 Å². The minimum absolute atomic E-state index is 0.0175. The van der Waals surface area contributed by atoms with Gasteiger partial charge in [0, 0.05) is 39.0 Å². The minimum atomic E-state index is -3.03. The summed E-state index contributed by atoms with van der Waals surface area (Å²) in [6, 6.07) is 0. The average molecular weight is 277 g/mol. The zero-order chi connectivity index (χ0) is 13.8. The standard InChI is InChI=1S/C11H23N3O3S/c1-11(2,14-7-4-12-5-8-14)10(15)13-6-9-18(3,16)17/h12H,4-9H2,1-3H3,(H,13,15). The number of rotatable bonds is 5. The second-order valence-corrected chi connectivity index (χ2v) is 7.44. The molecule has 0 aromatic carbocycles. The van der Waals surface area contributed by atoms with Crippen molar-refractivity contribution in [1.29, 1.82) is 0 Å². The first-order valence-corrected chi connectivity index (χ1v) is 8.21. The van der Waals surface area contributed by atoms with Crippen LogP contribution in [0.1, 0.15) is 13.8 Å². The Hall–Kier alpha value is -0.660. The van der Waals surface area contributed by atoms with Gasteiger partial charge in [0.25, 0.3) is 0 Å². The van der Waals surface area contributed by atoms with E-state index < -0.39 is 15.4 Å². The number of nitrogens with zero attached hydrogens (tertiary/aromatic N) is 1. The molecule has 0 aliphatic carbocycles. The molecule has 1 saturated heterocycles. The van der Waals surface area contributed by atoms with Crippen molar-refractivity contribution in [1.82, 2.24) is 15.5 Å². The van der Waals surface area contributed by atoms with E-state index >= 15 is 0 Å². The molecule has 0 atom stereocenters. The predicted molar refractivity (Wildman–Crippen MR) is 71.2 cm³/mol. The third-order valence-electron chi connectivity index (χ3n) is 3.22. The maximum absolute atomic E-state index is 12.1. The van der Waals surface area contributed by atoms with Crippen LogP contribution in [0.4, 0.5) is 0 Å². The largest absolute Gasteiger partial charge is 0.353 e. The van der Waals surface area contributed by atoms with E-state index in [9.17, 15) is 13.2 Å². The smallest absolute Gasteiger partial charge is 0.239 e. The van der Waals surface area contributed by atoms with Crippen molar-refractivity contribution in [3.63, 3.8) is 0 Å². The van der Waals surface area contributed by atoms with Gasteiger partial charge in [0.05, 0.1) is 11.3 Å². The summed E-state index contributed by atoms with van der Waals surface area (Å²) < 4.78 is 22.0. The number of amides is 1. The fourth-order valence-electron chi connectivity index (χ4n) is 1.93. The Kier molecular flexibility index (Phi) is 5.12. The highest BCUT2D eigenvalue weighted by atomic mass is 32.2. The predicted octanol–water partition coefficient (Wildman–Crippen LogP) is -1.17. The van der Waals surface area contributed by atoms with Gasteiger partial charge in [-0.25, -0.2) is 8.42 Å². The van der Waals surface area contributed by atoms with E-state index in [0.717, 1.165) is 26.2 Å². The molecule has 1 amide bonds. The van der Waals surface area contributed by atoms with Gasteiger partial charge >= 0.3 is 0 Å². The topological polar surface area (TPSA) is 78.5 Å². The van der Waals surface area contributed by atoms with Crippen LogP contribution in [0.25, 0.3) is 0 Å². The lowest BCUT2D eigenvalue weighted by molar-refractivity contribution is -0.132. The molecule has 0 radical (unpaired) electrons. The Bertz CT molecular complexity index is 386. The summed E-state index contributed by atoms with van der Waals surface area (Å²) in [5, 5.41) is 5.93. The van der Waals surface area contributed by atoms with E-state index in [1.807, 2.05) is 13.8 Å². The first-order valence-electron chi connectivity index (χ1n) is 6.15. The molecule has 0 spiro atoms. The molecule has 1 fully saturated rings. The summed E-state index contributed by atoms with van der Waals surface area (Å²) in [4.78, 5) is 14.2. The van der Waals surface area contributed by atoms with Gasteiger partial charge < -0.3 is 10.6 Å². The Labute approximate surface area is 109 Å². The Morgan fingerprint density at radius 3 is 2.39 bits per heavy atom. The van der Waals surface area contributed by atoms with Crippen LogP contribution in [0.2, 0.25) is 0 Å². The Morgan fingerprint density at radius 1 is 1.33 bits per heavy atom.